The summed E-state index contributed by atoms with van der Waals surface area (Å²) in [6.45, 7) is 2.40. The average Bonchev–Trinajstić information content (AvgIpc) is 2.62. The van der Waals surface area contributed by atoms with E-state index in [0.29, 0.717) is 0 Å². The highest BCUT2D eigenvalue weighted by molar-refractivity contribution is 5.34. The number of likely N-dealkylation sites (tertiary alicyclic amines) is 1. The summed E-state index contributed by atoms with van der Waals surface area (Å²) in [5.41, 5.74) is 2.58. The van der Waals surface area contributed by atoms with Crippen LogP contribution in [-0.2, 0) is 0 Å². The van der Waals surface area contributed by atoms with Crippen molar-refractivity contribution in [3.8, 4) is 0 Å². The van der Waals surface area contributed by atoms with E-state index in [1.54, 1.807) is 0 Å². The second-order valence-corrected chi connectivity index (χ2v) is 6.15. The lowest BCUT2D eigenvalue weighted by Crippen LogP contribution is -2.45. The van der Waals surface area contributed by atoms with Crippen molar-refractivity contribution in [3.63, 3.8) is 0 Å². The van der Waals surface area contributed by atoms with Gasteiger partial charge in [0.25, 0.3) is 0 Å². The molecule has 1 fully saturated rings. The number of hydrogen-bond acceptors (Lipinski definition) is 2. The van der Waals surface area contributed by atoms with Crippen LogP contribution in [0.5, 0.6) is 0 Å². The van der Waals surface area contributed by atoms with E-state index in [0.717, 1.165) is 13.1 Å². The number of hydrogen-bond donors (Lipinski definition) is 1. The molecule has 1 aliphatic rings. The lowest BCUT2D eigenvalue weighted by molar-refractivity contribution is 0.0935. The molecule has 1 aliphatic heterocycles. The normalized spacial score (nSPS) is 17.5. The van der Waals surface area contributed by atoms with Gasteiger partial charge in [0.05, 0.1) is 6.61 Å². The first-order chi connectivity index (χ1) is 10.9. The molecule has 3 rings (SSSR count). The van der Waals surface area contributed by atoms with Crippen LogP contribution in [0.4, 0.5) is 0 Å². The Balaban J connectivity index is 1.96. The van der Waals surface area contributed by atoms with Crippen LogP contribution in [0.1, 0.15) is 36.3 Å². The molecule has 2 aromatic carbocycles. The minimum Gasteiger partial charge on any atom is -0.395 e. The Morgan fingerprint density at radius 3 is 1.73 bits per heavy atom. The highest BCUT2D eigenvalue weighted by Gasteiger charge is 2.30. The Kier molecular flexibility index (Phi) is 5.25. The molecule has 0 amide bonds. The summed E-state index contributed by atoms with van der Waals surface area (Å²) < 4.78 is 0. The molecule has 0 saturated carbocycles. The van der Waals surface area contributed by atoms with Gasteiger partial charge in [0.1, 0.15) is 0 Å². The van der Waals surface area contributed by atoms with Crippen molar-refractivity contribution in [2.75, 3.05) is 19.7 Å². The fourth-order valence-electron chi connectivity index (χ4n) is 3.64. The summed E-state index contributed by atoms with van der Waals surface area (Å²) in [7, 11) is 0. The Morgan fingerprint density at radius 1 is 0.773 bits per heavy atom. The molecule has 0 aliphatic carbocycles. The molecular formula is C20H25NO. The molecule has 0 aromatic heterocycles. The molecule has 1 unspecified atom stereocenters. The third-order valence-corrected chi connectivity index (χ3v) is 4.75. The first-order valence-electron chi connectivity index (χ1n) is 8.35. The van der Waals surface area contributed by atoms with E-state index in [9.17, 15) is 5.11 Å². The van der Waals surface area contributed by atoms with Gasteiger partial charge in [0.2, 0.25) is 0 Å². The molecule has 1 heterocycles. The third-order valence-electron chi connectivity index (χ3n) is 4.75. The zero-order valence-electron chi connectivity index (χ0n) is 13.1. The van der Waals surface area contributed by atoms with Crippen LogP contribution in [0.3, 0.4) is 0 Å². The summed E-state index contributed by atoms with van der Waals surface area (Å²) in [6.07, 6.45) is 3.80. The molecular weight excluding hydrogens is 270 g/mol. The molecule has 0 spiro atoms. The van der Waals surface area contributed by atoms with Crippen molar-refractivity contribution in [3.05, 3.63) is 71.8 Å². The van der Waals surface area contributed by atoms with Gasteiger partial charge >= 0.3 is 0 Å². The molecule has 22 heavy (non-hydrogen) atoms. The van der Waals surface area contributed by atoms with Crippen molar-refractivity contribution in [1.82, 2.24) is 4.90 Å². The Morgan fingerprint density at radius 2 is 1.27 bits per heavy atom. The zero-order chi connectivity index (χ0) is 15.2. The number of benzene rings is 2. The number of aliphatic hydroxyl groups excluding tert-OH is 1. The summed E-state index contributed by atoms with van der Waals surface area (Å²) in [6, 6.07) is 21.4. The molecule has 1 N–H and O–H groups in total. The van der Waals surface area contributed by atoms with E-state index < -0.39 is 0 Å². The highest BCUT2D eigenvalue weighted by Crippen LogP contribution is 2.32. The second kappa shape index (κ2) is 7.57. The lowest BCUT2D eigenvalue weighted by Gasteiger charge is -2.38. The van der Waals surface area contributed by atoms with E-state index in [1.807, 2.05) is 0 Å². The average molecular weight is 295 g/mol. The highest BCUT2D eigenvalue weighted by atomic mass is 16.3. The number of rotatable bonds is 5. The monoisotopic (exact) mass is 295 g/mol. The minimum absolute atomic E-state index is 0.157. The Bertz CT molecular complexity index is 509. The summed E-state index contributed by atoms with van der Waals surface area (Å²) in [4.78, 5) is 2.48. The molecule has 2 nitrogen and oxygen atoms in total. The van der Waals surface area contributed by atoms with Crippen LogP contribution in [-0.4, -0.2) is 35.7 Å². The van der Waals surface area contributed by atoms with Crippen molar-refractivity contribution in [2.45, 2.75) is 31.2 Å². The van der Waals surface area contributed by atoms with E-state index >= 15 is 0 Å². The van der Waals surface area contributed by atoms with Crippen LogP contribution in [0.15, 0.2) is 60.7 Å². The van der Waals surface area contributed by atoms with Crippen LogP contribution in [0.25, 0.3) is 0 Å². The van der Waals surface area contributed by atoms with Gasteiger partial charge in [-0.25, -0.2) is 0 Å². The molecule has 1 saturated heterocycles. The van der Waals surface area contributed by atoms with Gasteiger partial charge in [-0.2, -0.15) is 0 Å². The maximum atomic E-state index is 10.1. The Labute approximate surface area is 133 Å². The van der Waals surface area contributed by atoms with Gasteiger partial charge in [-0.3, -0.25) is 4.90 Å². The third kappa shape index (κ3) is 3.40. The predicted octanol–water partition coefficient (Wildman–Crippen LogP) is 3.67. The van der Waals surface area contributed by atoms with Gasteiger partial charge in [-0.05, 0) is 37.1 Å². The van der Waals surface area contributed by atoms with E-state index in [2.05, 4.69) is 65.6 Å². The molecule has 2 heteroatoms. The van der Waals surface area contributed by atoms with E-state index in [-0.39, 0.29) is 18.6 Å². The first kappa shape index (κ1) is 15.3. The number of piperidine rings is 1. The van der Waals surface area contributed by atoms with Crippen LogP contribution < -0.4 is 0 Å². The standard InChI is InChI=1S/C20H25NO/c22-16-19(21-14-8-3-9-15-21)20(17-10-4-1-5-11-17)18-12-6-2-7-13-18/h1-2,4-7,10-13,19-20,22H,3,8-9,14-16H2. The number of nitrogens with zero attached hydrogens (tertiary/aromatic N) is 1. The topological polar surface area (TPSA) is 23.5 Å². The summed E-state index contributed by atoms with van der Waals surface area (Å²) >= 11 is 0. The van der Waals surface area contributed by atoms with Gasteiger partial charge in [-0.15, -0.1) is 0 Å². The largest absolute Gasteiger partial charge is 0.395 e. The number of aliphatic hydroxyl groups is 1. The molecule has 2 aromatic rings. The quantitative estimate of drug-likeness (QED) is 0.910. The lowest BCUT2D eigenvalue weighted by atomic mass is 9.84. The molecule has 116 valence electrons. The van der Waals surface area contributed by atoms with Gasteiger partial charge in [-0.1, -0.05) is 67.1 Å². The van der Waals surface area contributed by atoms with E-state index in [4.69, 9.17) is 0 Å². The first-order valence-corrected chi connectivity index (χ1v) is 8.35. The van der Waals surface area contributed by atoms with Crippen molar-refractivity contribution < 1.29 is 5.11 Å². The zero-order valence-corrected chi connectivity index (χ0v) is 13.1. The van der Waals surface area contributed by atoms with Gasteiger partial charge < -0.3 is 5.11 Å². The second-order valence-electron chi connectivity index (χ2n) is 6.15. The van der Waals surface area contributed by atoms with Crippen LogP contribution in [0, 0.1) is 0 Å². The van der Waals surface area contributed by atoms with Gasteiger partial charge in [0.15, 0.2) is 0 Å². The fraction of sp³-hybridized carbons (Fsp3) is 0.400. The Hall–Kier alpha value is -1.64. The smallest absolute Gasteiger partial charge is 0.0596 e. The van der Waals surface area contributed by atoms with Crippen molar-refractivity contribution in [2.24, 2.45) is 0 Å². The van der Waals surface area contributed by atoms with Gasteiger partial charge in [0, 0.05) is 12.0 Å². The minimum atomic E-state index is 0.157. The maximum absolute atomic E-state index is 10.1. The fourth-order valence-corrected chi connectivity index (χ4v) is 3.64. The SMILES string of the molecule is OCC(C(c1ccccc1)c1ccccc1)N1CCCCC1. The predicted molar refractivity (Wildman–Crippen MR) is 91.0 cm³/mol. The van der Waals surface area contributed by atoms with E-state index in [1.165, 1.54) is 30.4 Å². The van der Waals surface area contributed by atoms with Crippen LogP contribution in [0.2, 0.25) is 0 Å². The van der Waals surface area contributed by atoms with Crippen molar-refractivity contribution >= 4 is 0 Å². The summed E-state index contributed by atoms with van der Waals surface area (Å²) in [5.74, 6) is 0.227. The maximum Gasteiger partial charge on any atom is 0.0596 e. The van der Waals surface area contributed by atoms with Crippen LogP contribution >= 0.6 is 0 Å². The van der Waals surface area contributed by atoms with Crippen molar-refractivity contribution in [1.29, 1.82) is 0 Å². The molecule has 1 atom stereocenters. The molecule has 0 radical (unpaired) electrons. The molecule has 0 bridgehead atoms. The summed E-state index contributed by atoms with van der Waals surface area (Å²) in [5, 5.41) is 10.1.